The van der Waals surface area contributed by atoms with Crippen LogP contribution in [0, 0.1) is 0 Å². The molecule has 1 rings (SSSR count). The fraction of sp³-hybridized carbons (Fsp3) is 0.533. The van der Waals surface area contributed by atoms with Crippen LogP contribution in [0.5, 0.6) is 0 Å². The first kappa shape index (κ1) is 15.7. The van der Waals surface area contributed by atoms with E-state index in [2.05, 4.69) is 16.7 Å². The Morgan fingerprint density at radius 2 is 2.11 bits per heavy atom. The smallest absolute Gasteiger partial charge is 0.236 e. The molecule has 19 heavy (non-hydrogen) atoms. The van der Waals surface area contributed by atoms with E-state index in [1.807, 2.05) is 32.0 Å². The second-order valence-corrected chi connectivity index (χ2v) is 4.65. The molecule has 1 atom stereocenters. The van der Waals surface area contributed by atoms with Gasteiger partial charge in [-0.25, -0.2) is 0 Å². The van der Waals surface area contributed by atoms with Gasteiger partial charge in [0.1, 0.15) is 0 Å². The van der Waals surface area contributed by atoms with Crippen LogP contribution in [0.25, 0.3) is 0 Å². The number of ether oxygens (including phenoxy) is 1. The van der Waals surface area contributed by atoms with Crippen molar-refractivity contribution < 1.29 is 9.53 Å². The Morgan fingerprint density at radius 3 is 2.79 bits per heavy atom. The highest BCUT2D eigenvalue weighted by atomic mass is 16.5. The molecule has 1 unspecified atom stereocenters. The Balaban J connectivity index is 2.42. The van der Waals surface area contributed by atoms with Crippen molar-refractivity contribution in [3.05, 3.63) is 35.4 Å². The molecule has 1 amide bonds. The molecule has 0 aliphatic carbocycles. The van der Waals surface area contributed by atoms with Crippen molar-refractivity contribution in [2.45, 2.75) is 39.5 Å². The number of hydrogen-bond donors (Lipinski definition) is 2. The van der Waals surface area contributed by atoms with Crippen LogP contribution in [-0.4, -0.2) is 25.6 Å². The molecule has 0 bridgehead atoms. The Morgan fingerprint density at radius 1 is 1.37 bits per heavy atom. The van der Waals surface area contributed by atoms with E-state index in [0.717, 1.165) is 24.1 Å². The molecule has 0 saturated carbocycles. The minimum absolute atomic E-state index is 0.0508. The number of benzene rings is 1. The van der Waals surface area contributed by atoms with Crippen LogP contribution in [0.4, 0.5) is 0 Å². The topological polar surface area (TPSA) is 50.4 Å². The Kier molecular flexibility index (Phi) is 7.15. The minimum atomic E-state index is -0.183. The van der Waals surface area contributed by atoms with Gasteiger partial charge in [-0.15, -0.1) is 0 Å². The summed E-state index contributed by atoms with van der Waals surface area (Å²) in [5.74, 6) is 0.0508. The third-order valence-electron chi connectivity index (χ3n) is 2.86. The predicted octanol–water partition coefficient (Wildman–Crippen LogP) is 1.84. The zero-order valence-corrected chi connectivity index (χ0v) is 12.0. The van der Waals surface area contributed by atoms with Gasteiger partial charge in [-0.2, -0.15) is 0 Å². The summed E-state index contributed by atoms with van der Waals surface area (Å²) in [4.78, 5) is 11.7. The molecule has 0 fully saturated rings. The van der Waals surface area contributed by atoms with Gasteiger partial charge in [0.15, 0.2) is 0 Å². The van der Waals surface area contributed by atoms with Gasteiger partial charge in [0.2, 0.25) is 5.91 Å². The maximum atomic E-state index is 11.7. The van der Waals surface area contributed by atoms with E-state index in [9.17, 15) is 4.79 Å². The predicted molar refractivity (Wildman–Crippen MR) is 76.8 cm³/mol. The molecule has 0 spiro atoms. The number of hydrogen-bond acceptors (Lipinski definition) is 3. The highest BCUT2D eigenvalue weighted by molar-refractivity contribution is 5.81. The molecule has 2 N–H and O–H groups in total. The maximum Gasteiger partial charge on any atom is 0.236 e. The maximum absolute atomic E-state index is 11.7. The monoisotopic (exact) mass is 264 g/mol. The third kappa shape index (κ3) is 5.85. The zero-order chi connectivity index (χ0) is 14.1. The molecule has 0 radical (unpaired) electrons. The van der Waals surface area contributed by atoms with Gasteiger partial charge in [-0.1, -0.05) is 31.2 Å². The Hall–Kier alpha value is -1.39. The summed E-state index contributed by atoms with van der Waals surface area (Å²) < 4.78 is 5.11. The average molecular weight is 264 g/mol. The normalized spacial score (nSPS) is 12.2. The van der Waals surface area contributed by atoms with Gasteiger partial charge < -0.3 is 15.4 Å². The van der Waals surface area contributed by atoms with Crippen LogP contribution in [-0.2, 0) is 22.7 Å². The van der Waals surface area contributed by atoms with Crippen LogP contribution >= 0.6 is 0 Å². The zero-order valence-electron chi connectivity index (χ0n) is 12.0. The van der Waals surface area contributed by atoms with Gasteiger partial charge in [0, 0.05) is 20.2 Å². The van der Waals surface area contributed by atoms with Gasteiger partial charge in [0.25, 0.3) is 0 Å². The summed E-state index contributed by atoms with van der Waals surface area (Å²) in [6.07, 6.45) is 0.956. The highest BCUT2D eigenvalue weighted by Gasteiger charge is 2.10. The average Bonchev–Trinajstić information content (AvgIpc) is 2.43. The van der Waals surface area contributed by atoms with Gasteiger partial charge >= 0.3 is 0 Å². The lowest BCUT2D eigenvalue weighted by Crippen LogP contribution is -2.42. The van der Waals surface area contributed by atoms with Crippen LogP contribution in [0.15, 0.2) is 24.3 Å². The van der Waals surface area contributed by atoms with Crippen molar-refractivity contribution in [3.8, 4) is 0 Å². The molecule has 106 valence electrons. The molecule has 0 aromatic heterocycles. The van der Waals surface area contributed by atoms with E-state index in [0.29, 0.717) is 13.2 Å². The molecule has 0 aliphatic rings. The lowest BCUT2D eigenvalue weighted by Gasteiger charge is -2.14. The largest absolute Gasteiger partial charge is 0.380 e. The lowest BCUT2D eigenvalue weighted by atomic mass is 10.1. The number of carbonyl (C=O) groups excluding carboxylic acids is 1. The fourth-order valence-corrected chi connectivity index (χ4v) is 1.76. The SMILES string of the molecule is CCCNC(=O)C(C)NCc1cccc(COC)c1. The molecule has 0 heterocycles. The van der Waals surface area contributed by atoms with Gasteiger partial charge in [-0.3, -0.25) is 4.79 Å². The summed E-state index contributed by atoms with van der Waals surface area (Å²) >= 11 is 0. The molecule has 1 aromatic rings. The molecule has 0 aliphatic heterocycles. The van der Waals surface area contributed by atoms with Gasteiger partial charge in [-0.05, 0) is 24.5 Å². The van der Waals surface area contributed by atoms with Crippen LogP contribution in [0.2, 0.25) is 0 Å². The molecule has 1 aromatic carbocycles. The van der Waals surface area contributed by atoms with Crippen molar-refractivity contribution in [2.75, 3.05) is 13.7 Å². The fourth-order valence-electron chi connectivity index (χ4n) is 1.76. The van der Waals surface area contributed by atoms with E-state index in [4.69, 9.17) is 4.74 Å². The van der Waals surface area contributed by atoms with Crippen LogP contribution < -0.4 is 10.6 Å². The van der Waals surface area contributed by atoms with Crippen molar-refractivity contribution in [1.29, 1.82) is 0 Å². The minimum Gasteiger partial charge on any atom is -0.380 e. The summed E-state index contributed by atoms with van der Waals surface area (Å²) in [5, 5.41) is 6.10. The van der Waals surface area contributed by atoms with E-state index < -0.39 is 0 Å². The van der Waals surface area contributed by atoms with E-state index >= 15 is 0 Å². The van der Waals surface area contributed by atoms with Crippen molar-refractivity contribution >= 4 is 5.91 Å². The number of methoxy groups -OCH3 is 1. The van der Waals surface area contributed by atoms with Crippen LogP contribution in [0.1, 0.15) is 31.4 Å². The quantitative estimate of drug-likeness (QED) is 0.753. The summed E-state index contributed by atoms with van der Waals surface area (Å²) in [7, 11) is 1.69. The lowest BCUT2D eigenvalue weighted by molar-refractivity contribution is -0.122. The van der Waals surface area contributed by atoms with E-state index in [1.54, 1.807) is 7.11 Å². The molecule has 4 heteroatoms. The first-order chi connectivity index (χ1) is 9.17. The van der Waals surface area contributed by atoms with Crippen molar-refractivity contribution in [3.63, 3.8) is 0 Å². The first-order valence-corrected chi connectivity index (χ1v) is 6.75. The number of carbonyl (C=O) groups is 1. The van der Waals surface area contributed by atoms with E-state index in [1.165, 1.54) is 0 Å². The second kappa shape index (κ2) is 8.67. The number of amides is 1. The number of rotatable bonds is 8. The standard InChI is InChI=1S/C15H24N2O2/c1-4-8-16-15(18)12(2)17-10-13-6-5-7-14(9-13)11-19-3/h5-7,9,12,17H,4,8,10-11H2,1-3H3,(H,16,18). The summed E-state index contributed by atoms with van der Waals surface area (Å²) in [6.45, 7) is 5.94. The first-order valence-electron chi connectivity index (χ1n) is 6.75. The number of nitrogens with one attached hydrogen (secondary N) is 2. The summed E-state index contributed by atoms with van der Waals surface area (Å²) in [6, 6.07) is 7.99. The van der Waals surface area contributed by atoms with Crippen LogP contribution in [0.3, 0.4) is 0 Å². The third-order valence-corrected chi connectivity index (χ3v) is 2.86. The van der Waals surface area contributed by atoms with E-state index in [-0.39, 0.29) is 11.9 Å². The Labute approximate surface area is 115 Å². The molecule has 0 saturated heterocycles. The highest BCUT2D eigenvalue weighted by Crippen LogP contribution is 2.06. The van der Waals surface area contributed by atoms with Crippen molar-refractivity contribution in [1.82, 2.24) is 10.6 Å². The molecular formula is C15H24N2O2. The van der Waals surface area contributed by atoms with Crippen molar-refractivity contribution in [2.24, 2.45) is 0 Å². The Bertz CT molecular complexity index is 393. The van der Waals surface area contributed by atoms with Gasteiger partial charge in [0.05, 0.1) is 12.6 Å². The molecule has 4 nitrogen and oxygen atoms in total. The molecular weight excluding hydrogens is 240 g/mol. The summed E-state index contributed by atoms with van der Waals surface area (Å²) in [5.41, 5.74) is 2.30. The second-order valence-electron chi connectivity index (χ2n) is 4.65.